The molecule has 0 fully saturated rings. The van der Waals surface area contributed by atoms with Gasteiger partial charge in [0.05, 0.1) is 0 Å². The van der Waals surface area contributed by atoms with Crippen LogP contribution in [-0.4, -0.2) is 5.92 Å². The van der Waals surface area contributed by atoms with Crippen molar-refractivity contribution in [2.24, 2.45) is 0 Å². The van der Waals surface area contributed by atoms with Crippen molar-refractivity contribution in [1.29, 1.82) is 0 Å². The number of benzene rings is 4. The van der Waals surface area contributed by atoms with Gasteiger partial charge in [-0.15, -0.1) is 0 Å². The van der Waals surface area contributed by atoms with Crippen molar-refractivity contribution in [3.63, 3.8) is 0 Å². The molecule has 2 aliphatic rings. The van der Waals surface area contributed by atoms with Gasteiger partial charge in [0.25, 0.3) is 0 Å². The molecule has 0 saturated heterocycles. The van der Waals surface area contributed by atoms with Gasteiger partial charge in [0, 0.05) is 0 Å². The molecule has 0 aliphatic heterocycles. The molecule has 2 aliphatic carbocycles. The summed E-state index contributed by atoms with van der Waals surface area (Å²) in [5.74, 6) is -0.794. The number of hydrogen-bond acceptors (Lipinski definition) is 0. The molecule has 0 spiro atoms. The number of allylic oxidation sites excluding steroid dienone is 2. The second-order valence-electron chi connectivity index (χ2n) is 9.68. The van der Waals surface area contributed by atoms with Gasteiger partial charge in [-0.3, -0.25) is 0 Å². The molecule has 165 valence electrons. The zero-order chi connectivity index (χ0) is 23.1. The number of fused-ring (bicyclic) bond motifs is 2. The summed E-state index contributed by atoms with van der Waals surface area (Å²) >= 11 is -1.90. The maximum atomic E-state index is 2.62. The van der Waals surface area contributed by atoms with Gasteiger partial charge in [0.15, 0.2) is 0 Å². The first-order valence-corrected chi connectivity index (χ1v) is 22.3. The third kappa shape index (κ3) is 3.78. The Morgan fingerprint density at radius 1 is 0.529 bits per heavy atom. The van der Waals surface area contributed by atoms with Crippen molar-refractivity contribution >= 4 is 18.1 Å². The third-order valence-electron chi connectivity index (χ3n) is 7.41. The van der Waals surface area contributed by atoms with Gasteiger partial charge in [0.1, 0.15) is 0 Å². The fourth-order valence-corrected chi connectivity index (χ4v) is 26.9. The summed E-state index contributed by atoms with van der Waals surface area (Å²) in [4.78, 5) is 0. The minimum atomic E-state index is -1.90. The average Bonchev–Trinajstić information content (AvgIpc) is 3.50. The molecule has 0 amide bonds. The van der Waals surface area contributed by atoms with Crippen LogP contribution in [0.4, 0.5) is 0 Å². The molecule has 2 unspecified atom stereocenters. The molecule has 34 heavy (non-hydrogen) atoms. The second kappa shape index (κ2) is 9.25. The van der Waals surface area contributed by atoms with Crippen molar-refractivity contribution in [3.05, 3.63) is 131 Å². The molecule has 0 saturated carbocycles. The molecule has 2 heteroatoms. The Kier molecular flexibility index (Phi) is 5.97. The number of rotatable bonds is 5. The predicted octanol–water partition coefficient (Wildman–Crippen LogP) is 8.46. The Bertz CT molecular complexity index is 1280. The molecule has 0 radical (unpaired) electrons. The van der Waals surface area contributed by atoms with E-state index in [1.165, 1.54) is 33.4 Å². The third-order valence-corrected chi connectivity index (χ3v) is 28.8. The monoisotopic (exact) mass is 531 g/mol. The fraction of sp³-hybridized carbons (Fsp3) is 0.125. The summed E-state index contributed by atoms with van der Waals surface area (Å²) in [6, 6.07) is 35.8. The Balaban J connectivity index is 1.41. The summed E-state index contributed by atoms with van der Waals surface area (Å²) in [6.45, 7) is 5.24. The molecule has 0 heterocycles. The van der Waals surface area contributed by atoms with Crippen LogP contribution in [0.15, 0.2) is 109 Å². The van der Waals surface area contributed by atoms with Crippen LogP contribution in [0, 0.1) is 0 Å². The van der Waals surface area contributed by atoms with Crippen LogP contribution in [0.3, 0.4) is 0 Å². The van der Waals surface area contributed by atoms with E-state index in [1.807, 2.05) is 0 Å². The van der Waals surface area contributed by atoms with Crippen LogP contribution in [0.5, 0.6) is 0 Å². The van der Waals surface area contributed by atoms with E-state index in [9.17, 15) is 0 Å². The second-order valence-corrected chi connectivity index (χ2v) is 30.0. The number of hydrogen-bond donors (Lipinski definition) is 0. The molecule has 0 nitrogen and oxygen atoms in total. The van der Waals surface area contributed by atoms with Gasteiger partial charge >= 0.3 is 213 Å². The Morgan fingerprint density at radius 2 is 0.971 bits per heavy atom. The molecule has 4 aromatic rings. The van der Waals surface area contributed by atoms with Gasteiger partial charge in [-0.05, 0) is 0 Å². The van der Waals surface area contributed by atoms with E-state index in [0.717, 1.165) is 0 Å². The summed E-state index contributed by atoms with van der Waals surface area (Å²) in [7, 11) is 0. The summed E-state index contributed by atoms with van der Waals surface area (Å²) < 4.78 is 1.35. The molecule has 0 aromatic heterocycles. The molecule has 2 atom stereocenters. The maximum absolute atomic E-state index is 2.62. The first-order chi connectivity index (χ1) is 16.7. The van der Waals surface area contributed by atoms with Crippen molar-refractivity contribution < 1.29 is 20.9 Å². The molecule has 0 bridgehead atoms. The van der Waals surface area contributed by atoms with E-state index >= 15 is 0 Å². The molecular formula is C32H29SiZr. The summed E-state index contributed by atoms with van der Waals surface area (Å²) in [5, 5.41) is 0. The van der Waals surface area contributed by atoms with E-state index in [2.05, 4.69) is 134 Å². The predicted molar refractivity (Wildman–Crippen MR) is 146 cm³/mol. The average molecular weight is 533 g/mol. The van der Waals surface area contributed by atoms with Gasteiger partial charge in [0.2, 0.25) is 0 Å². The fourth-order valence-electron chi connectivity index (χ4n) is 5.90. The molecule has 0 N–H and O–H groups in total. The summed E-state index contributed by atoms with van der Waals surface area (Å²) in [6.07, 6.45) is 10.1. The van der Waals surface area contributed by atoms with E-state index < -0.39 is 26.8 Å². The van der Waals surface area contributed by atoms with E-state index in [0.29, 0.717) is 7.25 Å². The van der Waals surface area contributed by atoms with Crippen molar-refractivity contribution in [3.8, 4) is 22.3 Å². The standard InChI is InChI=1S/2C15H11.C2H7Si.Zr/c2*1-2-6-12(7-3-1)14-10-4-8-13-9-5-11-15(13)14;1-3-2;/h2*1-11H;3H,1-2H3;. The van der Waals surface area contributed by atoms with Gasteiger partial charge < -0.3 is 0 Å². The van der Waals surface area contributed by atoms with Crippen LogP contribution in [0.1, 0.15) is 29.5 Å². The Hall–Kier alpha value is -2.54. The summed E-state index contributed by atoms with van der Waals surface area (Å²) in [5.41, 5.74) is 11.6. The van der Waals surface area contributed by atoms with Crippen LogP contribution in [0.2, 0.25) is 13.1 Å². The molecular weight excluding hydrogens is 504 g/mol. The molecule has 4 aromatic carbocycles. The van der Waals surface area contributed by atoms with Gasteiger partial charge in [-0.2, -0.15) is 0 Å². The first kappa shape index (κ1) is 22.0. The molecule has 6 rings (SSSR count). The first-order valence-electron chi connectivity index (χ1n) is 12.3. The minimum absolute atomic E-state index is 0.675. The SMILES string of the molecule is C[SiH](C)[Zr]([CH]1C=Cc2c(-c3ccccc3)cccc21)[CH]1C=Cc2c(-c3ccccc3)cccc21. The van der Waals surface area contributed by atoms with Crippen molar-refractivity contribution in [2.45, 2.75) is 20.3 Å². The zero-order valence-corrected chi connectivity index (χ0v) is 23.4. The zero-order valence-electron chi connectivity index (χ0n) is 19.8. The van der Waals surface area contributed by atoms with E-state index in [1.54, 1.807) is 11.1 Å². The van der Waals surface area contributed by atoms with Crippen LogP contribution >= 0.6 is 0 Å². The Morgan fingerprint density at radius 3 is 1.38 bits per heavy atom. The van der Waals surface area contributed by atoms with Crippen LogP contribution in [0.25, 0.3) is 34.4 Å². The van der Waals surface area contributed by atoms with Gasteiger partial charge in [-0.25, -0.2) is 0 Å². The van der Waals surface area contributed by atoms with Crippen molar-refractivity contribution in [1.82, 2.24) is 0 Å². The normalized spacial score (nSPS) is 17.7. The van der Waals surface area contributed by atoms with E-state index in [4.69, 9.17) is 0 Å². The Labute approximate surface area is 211 Å². The van der Waals surface area contributed by atoms with Crippen molar-refractivity contribution in [2.75, 3.05) is 0 Å². The topological polar surface area (TPSA) is 0 Å². The van der Waals surface area contributed by atoms with Crippen LogP contribution < -0.4 is 0 Å². The quantitative estimate of drug-likeness (QED) is 0.226. The van der Waals surface area contributed by atoms with E-state index in [-0.39, 0.29) is 0 Å². The van der Waals surface area contributed by atoms with Gasteiger partial charge in [-0.1, -0.05) is 0 Å². The van der Waals surface area contributed by atoms with Crippen LogP contribution in [-0.2, 0) is 20.9 Å².